The SMILES string of the molecule is COc1ccc(-c2cnc(CCC(=O)NCCC(C)C)o2)c(OC)c1. The number of rotatable bonds is 9. The van der Waals surface area contributed by atoms with Gasteiger partial charge in [-0.05, 0) is 24.5 Å². The molecule has 0 aliphatic carbocycles. The van der Waals surface area contributed by atoms with E-state index in [0.717, 1.165) is 12.0 Å². The summed E-state index contributed by atoms with van der Waals surface area (Å²) >= 11 is 0. The maximum Gasteiger partial charge on any atom is 0.220 e. The second-order valence-electron chi connectivity index (χ2n) is 6.22. The van der Waals surface area contributed by atoms with Gasteiger partial charge in [-0.15, -0.1) is 0 Å². The number of aromatic nitrogens is 1. The maximum absolute atomic E-state index is 11.8. The molecule has 1 amide bonds. The molecule has 136 valence electrons. The van der Waals surface area contributed by atoms with E-state index in [1.807, 2.05) is 12.1 Å². The molecule has 0 bridgehead atoms. The summed E-state index contributed by atoms with van der Waals surface area (Å²) in [6.45, 7) is 4.97. The molecule has 2 aromatic rings. The predicted octanol–water partition coefficient (Wildman–Crippen LogP) is 3.45. The van der Waals surface area contributed by atoms with Crippen molar-refractivity contribution in [2.45, 2.75) is 33.1 Å². The lowest BCUT2D eigenvalue weighted by atomic mass is 10.1. The third-order valence-electron chi connectivity index (χ3n) is 3.84. The fourth-order valence-corrected chi connectivity index (χ4v) is 2.36. The fraction of sp³-hybridized carbons (Fsp3) is 0.474. The first-order valence-electron chi connectivity index (χ1n) is 8.47. The minimum absolute atomic E-state index is 0.0161. The van der Waals surface area contributed by atoms with E-state index in [9.17, 15) is 4.79 Å². The van der Waals surface area contributed by atoms with Crippen LogP contribution in [0.25, 0.3) is 11.3 Å². The molecule has 0 radical (unpaired) electrons. The lowest BCUT2D eigenvalue weighted by Gasteiger charge is -2.08. The Hall–Kier alpha value is -2.50. The van der Waals surface area contributed by atoms with Crippen molar-refractivity contribution < 1.29 is 18.7 Å². The molecule has 1 heterocycles. The number of carbonyl (C=O) groups is 1. The monoisotopic (exact) mass is 346 g/mol. The molecule has 0 saturated heterocycles. The highest BCUT2D eigenvalue weighted by Gasteiger charge is 2.13. The molecule has 0 spiro atoms. The molecule has 6 nitrogen and oxygen atoms in total. The number of ether oxygens (including phenoxy) is 2. The van der Waals surface area contributed by atoms with Crippen LogP contribution >= 0.6 is 0 Å². The molecular formula is C19H26N2O4. The third kappa shape index (κ3) is 5.52. The highest BCUT2D eigenvalue weighted by atomic mass is 16.5. The van der Waals surface area contributed by atoms with Crippen LogP contribution in [0.3, 0.4) is 0 Å². The van der Waals surface area contributed by atoms with Crippen molar-refractivity contribution in [1.82, 2.24) is 10.3 Å². The summed E-state index contributed by atoms with van der Waals surface area (Å²) in [7, 11) is 3.20. The Labute approximate surface area is 148 Å². The molecule has 2 rings (SSSR count). The van der Waals surface area contributed by atoms with Gasteiger partial charge in [-0.3, -0.25) is 4.79 Å². The molecule has 1 N–H and O–H groups in total. The molecule has 0 unspecified atom stereocenters. The Kier molecular flexibility index (Phi) is 6.86. The van der Waals surface area contributed by atoms with Gasteiger partial charge in [-0.2, -0.15) is 0 Å². The topological polar surface area (TPSA) is 73.6 Å². The van der Waals surface area contributed by atoms with Crippen molar-refractivity contribution in [3.05, 3.63) is 30.3 Å². The van der Waals surface area contributed by atoms with Crippen molar-refractivity contribution in [3.8, 4) is 22.8 Å². The summed E-state index contributed by atoms with van der Waals surface area (Å²) < 4.78 is 16.3. The Morgan fingerprint density at radius 1 is 1.28 bits per heavy atom. The summed E-state index contributed by atoms with van der Waals surface area (Å²) in [6, 6.07) is 5.49. The Morgan fingerprint density at radius 2 is 2.08 bits per heavy atom. The van der Waals surface area contributed by atoms with Crippen LogP contribution in [0.5, 0.6) is 11.5 Å². The number of aryl methyl sites for hydroxylation is 1. The van der Waals surface area contributed by atoms with E-state index in [2.05, 4.69) is 24.1 Å². The predicted molar refractivity (Wildman–Crippen MR) is 95.8 cm³/mol. The van der Waals surface area contributed by atoms with Crippen LogP contribution in [0.2, 0.25) is 0 Å². The van der Waals surface area contributed by atoms with Gasteiger partial charge in [0.2, 0.25) is 5.91 Å². The second-order valence-corrected chi connectivity index (χ2v) is 6.22. The molecule has 25 heavy (non-hydrogen) atoms. The molecule has 0 fully saturated rings. The average Bonchev–Trinajstić information content (AvgIpc) is 3.07. The summed E-state index contributed by atoms with van der Waals surface area (Å²) in [5.41, 5.74) is 0.795. The maximum atomic E-state index is 11.8. The van der Waals surface area contributed by atoms with Crippen molar-refractivity contribution in [3.63, 3.8) is 0 Å². The van der Waals surface area contributed by atoms with Crippen LogP contribution in [-0.4, -0.2) is 31.7 Å². The number of methoxy groups -OCH3 is 2. The van der Waals surface area contributed by atoms with Crippen molar-refractivity contribution in [1.29, 1.82) is 0 Å². The Balaban J connectivity index is 1.95. The van der Waals surface area contributed by atoms with Crippen molar-refractivity contribution in [2.75, 3.05) is 20.8 Å². The number of hydrogen-bond donors (Lipinski definition) is 1. The highest BCUT2D eigenvalue weighted by Crippen LogP contribution is 2.33. The van der Waals surface area contributed by atoms with Gasteiger partial charge in [0.05, 0.1) is 26.0 Å². The van der Waals surface area contributed by atoms with Gasteiger partial charge in [0.1, 0.15) is 11.5 Å². The van der Waals surface area contributed by atoms with Gasteiger partial charge in [0, 0.05) is 25.5 Å². The van der Waals surface area contributed by atoms with Gasteiger partial charge in [-0.1, -0.05) is 13.8 Å². The largest absolute Gasteiger partial charge is 0.497 e. The van der Waals surface area contributed by atoms with Gasteiger partial charge in [-0.25, -0.2) is 4.98 Å². The minimum Gasteiger partial charge on any atom is -0.497 e. The highest BCUT2D eigenvalue weighted by molar-refractivity contribution is 5.76. The fourth-order valence-electron chi connectivity index (χ4n) is 2.36. The number of carbonyl (C=O) groups excluding carboxylic acids is 1. The van der Waals surface area contributed by atoms with E-state index < -0.39 is 0 Å². The summed E-state index contributed by atoms with van der Waals surface area (Å²) in [4.78, 5) is 16.1. The molecule has 1 aromatic carbocycles. The van der Waals surface area contributed by atoms with E-state index >= 15 is 0 Å². The number of nitrogens with one attached hydrogen (secondary N) is 1. The lowest BCUT2D eigenvalue weighted by Crippen LogP contribution is -2.25. The summed E-state index contributed by atoms with van der Waals surface area (Å²) in [5.74, 6) is 3.09. The van der Waals surface area contributed by atoms with Gasteiger partial charge < -0.3 is 19.2 Å². The van der Waals surface area contributed by atoms with Crippen LogP contribution < -0.4 is 14.8 Å². The van der Waals surface area contributed by atoms with Crippen molar-refractivity contribution >= 4 is 5.91 Å². The Morgan fingerprint density at radius 3 is 2.76 bits per heavy atom. The van der Waals surface area contributed by atoms with Crippen LogP contribution in [0.15, 0.2) is 28.8 Å². The summed E-state index contributed by atoms with van der Waals surface area (Å²) in [5, 5.41) is 2.91. The number of benzene rings is 1. The molecular weight excluding hydrogens is 320 g/mol. The smallest absolute Gasteiger partial charge is 0.220 e. The first-order chi connectivity index (χ1) is 12.0. The van der Waals surface area contributed by atoms with Gasteiger partial charge in [0.25, 0.3) is 0 Å². The molecule has 6 heteroatoms. The normalized spacial score (nSPS) is 10.8. The first kappa shape index (κ1) is 18.8. The number of hydrogen-bond acceptors (Lipinski definition) is 5. The van der Waals surface area contributed by atoms with E-state index in [-0.39, 0.29) is 5.91 Å². The number of amides is 1. The van der Waals surface area contributed by atoms with Crippen LogP contribution in [0.4, 0.5) is 0 Å². The zero-order valence-corrected chi connectivity index (χ0v) is 15.3. The van der Waals surface area contributed by atoms with Crippen LogP contribution in [-0.2, 0) is 11.2 Å². The zero-order chi connectivity index (χ0) is 18.2. The van der Waals surface area contributed by atoms with Gasteiger partial charge in [0.15, 0.2) is 11.7 Å². The van der Waals surface area contributed by atoms with E-state index in [1.165, 1.54) is 0 Å². The molecule has 1 aromatic heterocycles. The van der Waals surface area contributed by atoms with E-state index in [0.29, 0.717) is 48.5 Å². The van der Waals surface area contributed by atoms with Crippen LogP contribution in [0.1, 0.15) is 32.6 Å². The number of nitrogens with zero attached hydrogens (tertiary/aromatic N) is 1. The first-order valence-corrected chi connectivity index (χ1v) is 8.47. The average molecular weight is 346 g/mol. The van der Waals surface area contributed by atoms with E-state index in [1.54, 1.807) is 26.5 Å². The molecule has 0 aliphatic heterocycles. The number of oxazole rings is 1. The van der Waals surface area contributed by atoms with Gasteiger partial charge >= 0.3 is 0 Å². The molecule has 0 aliphatic rings. The third-order valence-corrected chi connectivity index (χ3v) is 3.84. The van der Waals surface area contributed by atoms with E-state index in [4.69, 9.17) is 13.9 Å². The van der Waals surface area contributed by atoms with Crippen LogP contribution in [0, 0.1) is 5.92 Å². The quantitative estimate of drug-likeness (QED) is 0.753. The molecule has 0 saturated carbocycles. The summed E-state index contributed by atoms with van der Waals surface area (Å²) in [6.07, 6.45) is 3.45. The van der Waals surface area contributed by atoms with Crippen molar-refractivity contribution in [2.24, 2.45) is 5.92 Å². The Bertz CT molecular complexity index is 694. The molecule has 0 atom stereocenters. The standard InChI is InChI=1S/C19H26N2O4/c1-13(2)9-10-20-18(22)7-8-19-21-12-17(25-19)15-6-5-14(23-3)11-16(15)24-4/h5-6,11-13H,7-10H2,1-4H3,(H,20,22). The minimum atomic E-state index is 0.0161. The zero-order valence-electron chi connectivity index (χ0n) is 15.3. The second kappa shape index (κ2) is 9.11. The lowest BCUT2D eigenvalue weighted by molar-refractivity contribution is -0.121.